The average molecular weight is 245 g/mol. The summed E-state index contributed by atoms with van der Waals surface area (Å²) >= 11 is 10.4. The summed E-state index contributed by atoms with van der Waals surface area (Å²) in [6.07, 6.45) is 0.993. The molecule has 0 aromatic heterocycles. The standard InChI is InChI=1S/C11H13ClS2/c12-10(11-13-6-7-14-11)8-9-4-2-1-3-5-9/h1-5,10-11H,6-8H2. The van der Waals surface area contributed by atoms with E-state index in [4.69, 9.17) is 11.6 Å². The Morgan fingerprint density at radius 1 is 1.21 bits per heavy atom. The molecule has 0 saturated carbocycles. The second-order valence-corrected chi connectivity index (χ2v) is 6.67. The molecule has 1 saturated heterocycles. The molecule has 0 spiro atoms. The van der Waals surface area contributed by atoms with Crippen molar-refractivity contribution in [3.05, 3.63) is 35.9 Å². The van der Waals surface area contributed by atoms with Crippen LogP contribution < -0.4 is 0 Å². The van der Waals surface area contributed by atoms with Crippen LogP contribution in [0.3, 0.4) is 0 Å². The minimum Gasteiger partial charge on any atom is -0.145 e. The topological polar surface area (TPSA) is 0 Å². The zero-order valence-electron chi connectivity index (χ0n) is 7.86. The van der Waals surface area contributed by atoms with Gasteiger partial charge in [-0.3, -0.25) is 0 Å². The van der Waals surface area contributed by atoms with Crippen molar-refractivity contribution in [3.63, 3.8) is 0 Å². The second kappa shape index (κ2) is 5.34. The molecule has 0 bridgehead atoms. The van der Waals surface area contributed by atoms with Gasteiger partial charge in [-0.1, -0.05) is 30.3 Å². The van der Waals surface area contributed by atoms with E-state index in [0.29, 0.717) is 4.58 Å². The molecule has 0 amide bonds. The Hall–Kier alpha value is 0.210. The Bertz CT molecular complexity index is 270. The van der Waals surface area contributed by atoms with Crippen molar-refractivity contribution < 1.29 is 0 Å². The van der Waals surface area contributed by atoms with E-state index in [9.17, 15) is 0 Å². The summed E-state index contributed by atoms with van der Waals surface area (Å²) in [6, 6.07) is 10.5. The molecule has 1 aliphatic rings. The van der Waals surface area contributed by atoms with Gasteiger partial charge in [0, 0.05) is 11.5 Å². The van der Waals surface area contributed by atoms with Crippen molar-refractivity contribution in [2.24, 2.45) is 0 Å². The van der Waals surface area contributed by atoms with Crippen molar-refractivity contribution in [2.45, 2.75) is 16.4 Å². The number of benzene rings is 1. The SMILES string of the molecule is ClC(Cc1ccccc1)C1SCCS1. The van der Waals surface area contributed by atoms with Gasteiger partial charge in [0.25, 0.3) is 0 Å². The zero-order chi connectivity index (χ0) is 9.80. The molecule has 0 aliphatic carbocycles. The predicted octanol–water partition coefficient (Wildman–Crippen LogP) is 3.64. The molecule has 1 heterocycles. The number of halogens is 1. The van der Waals surface area contributed by atoms with Crippen LogP contribution in [-0.4, -0.2) is 21.5 Å². The fourth-order valence-corrected chi connectivity index (χ4v) is 4.94. The van der Waals surface area contributed by atoms with Gasteiger partial charge in [-0.2, -0.15) is 0 Å². The summed E-state index contributed by atoms with van der Waals surface area (Å²) in [4.78, 5) is 0. The highest BCUT2D eigenvalue weighted by atomic mass is 35.5. The minimum absolute atomic E-state index is 0.273. The first-order valence-electron chi connectivity index (χ1n) is 4.77. The molecule has 1 fully saturated rings. The van der Waals surface area contributed by atoms with E-state index in [1.54, 1.807) is 0 Å². The Balaban J connectivity index is 1.90. The smallest absolute Gasteiger partial charge is 0.0669 e. The molecule has 1 aliphatic heterocycles. The van der Waals surface area contributed by atoms with Gasteiger partial charge in [-0.05, 0) is 12.0 Å². The Morgan fingerprint density at radius 2 is 1.86 bits per heavy atom. The van der Waals surface area contributed by atoms with Crippen LogP contribution in [0.15, 0.2) is 30.3 Å². The number of hydrogen-bond acceptors (Lipinski definition) is 2. The molecule has 1 atom stereocenters. The van der Waals surface area contributed by atoms with Crippen molar-refractivity contribution in [1.82, 2.24) is 0 Å². The van der Waals surface area contributed by atoms with Gasteiger partial charge >= 0.3 is 0 Å². The normalized spacial score (nSPS) is 19.8. The Morgan fingerprint density at radius 3 is 2.50 bits per heavy atom. The Labute approximate surface area is 98.8 Å². The molecular weight excluding hydrogens is 232 g/mol. The number of hydrogen-bond donors (Lipinski definition) is 0. The van der Waals surface area contributed by atoms with E-state index in [1.807, 2.05) is 29.6 Å². The van der Waals surface area contributed by atoms with Gasteiger partial charge in [-0.25, -0.2) is 0 Å². The first-order valence-corrected chi connectivity index (χ1v) is 7.31. The molecule has 0 nitrogen and oxygen atoms in total. The van der Waals surface area contributed by atoms with E-state index < -0.39 is 0 Å². The summed E-state index contributed by atoms with van der Waals surface area (Å²) in [5.74, 6) is 2.51. The van der Waals surface area contributed by atoms with Crippen LogP contribution in [0.5, 0.6) is 0 Å². The van der Waals surface area contributed by atoms with Crippen molar-refractivity contribution in [1.29, 1.82) is 0 Å². The van der Waals surface area contributed by atoms with E-state index in [2.05, 4.69) is 24.3 Å². The molecule has 1 aromatic rings. The molecule has 2 rings (SSSR count). The summed E-state index contributed by atoms with van der Waals surface area (Å²) in [5.41, 5.74) is 1.35. The van der Waals surface area contributed by atoms with Crippen LogP contribution in [0.2, 0.25) is 0 Å². The van der Waals surface area contributed by atoms with Crippen LogP contribution >= 0.6 is 35.1 Å². The molecule has 1 unspecified atom stereocenters. The minimum atomic E-state index is 0.273. The third-order valence-corrected chi connectivity index (χ3v) is 6.19. The fraction of sp³-hybridized carbons (Fsp3) is 0.455. The number of rotatable bonds is 3. The van der Waals surface area contributed by atoms with Gasteiger partial charge < -0.3 is 0 Å². The first-order chi connectivity index (χ1) is 6.86. The van der Waals surface area contributed by atoms with Gasteiger partial charge in [0.1, 0.15) is 0 Å². The summed E-state index contributed by atoms with van der Waals surface area (Å²) in [7, 11) is 0. The summed E-state index contributed by atoms with van der Waals surface area (Å²) < 4.78 is 0.594. The van der Waals surface area contributed by atoms with Crippen molar-refractivity contribution >= 4 is 35.1 Å². The van der Waals surface area contributed by atoms with Gasteiger partial charge in [0.2, 0.25) is 0 Å². The van der Waals surface area contributed by atoms with Crippen LogP contribution in [0.4, 0.5) is 0 Å². The Kier molecular flexibility index (Phi) is 4.09. The maximum absolute atomic E-state index is 6.38. The van der Waals surface area contributed by atoms with E-state index >= 15 is 0 Å². The van der Waals surface area contributed by atoms with E-state index in [0.717, 1.165) is 6.42 Å². The first kappa shape index (κ1) is 10.7. The highest BCUT2D eigenvalue weighted by Gasteiger charge is 2.24. The third-order valence-electron chi connectivity index (χ3n) is 2.22. The molecule has 76 valence electrons. The highest BCUT2D eigenvalue weighted by molar-refractivity contribution is 8.20. The lowest BCUT2D eigenvalue weighted by Crippen LogP contribution is -2.14. The monoisotopic (exact) mass is 244 g/mol. The van der Waals surface area contributed by atoms with E-state index in [1.165, 1.54) is 17.1 Å². The van der Waals surface area contributed by atoms with Gasteiger partial charge in [0.15, 0.2) is 0 Å². The quantitative estimate of drug-likeness (QED) is 0.745. The number of thioether (sulfide) groups is 2. The maximum atomic E-state index is 6.38. The van der Waals surface area contributed by atoms with Crippen LogP contribution in [0.25, 0.3) is 0 Å². The van der Waals surface area contributed by atoms with Crippen molar-refractivity contribution in [3.8, 4) is 0 Å². The van der Waals surface area contributed by atoms with Crippen LogP contribution in [0, 0.1) is 0 Å². The molecule has 14 heavy (non-hydrogen) atoms. The van der Waals surface area contributed by atoms with Gasteiger partial charge in [0.05, 0.1) is 9.96 Å². The lowest BCUT2D eigenvalue weighted by Gasteiger charge is -2.15. The summed E-state index contributed by atoms with van der Waals surface area (Å²) in [5, 5.41) is 0.273. The molecule has 1 aromatic carbocycles. The largest absolute Gasteiger partial charge is 0.145 e. The fourth-order valence-electron chi connectivity index (χ4n) is 1.52. The molecular formula is C11H13ClS2. The second-order valence-electron chi connectivity index (χ2n) is 3.32. The van der Waals surface area contributed by atoms with Crippen LogP contribution in [0.1, 0.15) is 5.56 Å². The third kappa shape index (κ3) is 2.85. The summed E-state index contributed by atoms with van der Waals surface area (Å²) in [6.45, 7) is 0. The highest BCUT2D eigenvalue weighted by Crippen LogP contribution is 2.37. The molecule has 0 radical (unpaired) electrons. The lowest BCUT2D eigenvalue weighted by molar-refractivity contribution is 0.918. The van der Waals surface area contributed by atoms with Crippen molar-refractivity contribution in [2.75, 3.05) is 11.5 Å². The lowest BCUT2D eigenvalue weighted by atomic mass is 10.1. The number of alkyl halides is 1. The van der Waals surface area contributed by atoms with Gasteiger partial charge in [-0.15, -0.1) is 35.1 Å². The average Bonchev–Trinajstić information content (AvgIpc) is 2.72. The maximum Gasteiger partial charge on any atom is 0.0669 e. The van der Waals surface area contributed by atoms with E-state index in [-0.39, 0.29) is 5.38 Å². The zero-order valence-corrected chi connectivity index (χ0v) is 10.2. The van der Waals surface area contributed by atoms with Crippen LogP contribution in [-0.2, 0) is 6.42 Å². The molecule has 0 N–H and O–H groups in total. The predicted molar refractivity (Wildman–Crippen MR) is 68.5 cm³/mol. The molecule has 3 heteroatoms.